The van der Waals surface area contributed by atoms with Crippen LogP contribution in [-0.2, 0) is 9.59 Å². The fraction of sp³-hybridized carbons (Fsp3) is 0.577. The van der Waals surface area contributed by atoms with E-state index in [9.17, 15) is 19.5 Å². The van der Waals surface area contributed by atoms with Crippen molar-refractivity contribution in [3.8, 4) is 11.5 Å². The van der Waals surface area contributed by atoms with Gasteiger partial charge in [-0.15, -0.1) is 0 Å². The number of aldehydes is 1. The summed E-state index contributed by atoms with van der Waals surface area (Å²) in [4.78, 5) is 39.2. The Balaban J connectivity index is 1.98. The number of rotatable bonds is 12. The first-order chi connectivity index (χ1) is 17.2. The van der Waals surface area contributed by atoms with E-state index >= 15 is 0 Å². The van der Waals surface area contributed by atoms with Crippen LogP contribution in [0.5, 0.6) is 11.5 Å². The number of hydrogen-bond acceptors (Lipinski definition) is 7. The number of carbonyl (C=O) groups excluding carboxylic acids is 3. The molecule has 0 spiro atoms. The van der Waals surface area contributed by atoms with Gasteiger partial charge in [0.15, 0.2) is 11.5 Å². The summed E-state index contributed by atoms with van der Waals surface area (Å²) in [6.07, 6.45) is 2.82. The summed E-state index contributed by atoms with van der Waals surface area (Å²) >= 11 is 2.03. The van der Waals surface area contributed by atoms with Crippen LogP contribution < -0.4 is 14.8 Å². The van der Waals surface area contributed by atoms with Crippen LogP contribution in [0.4, 0.5) is 0 Å². The molecule has 3 N–H and O–H groups in total. The minimum Gasteiger partial charge on any atom is -0.493 e. The molecule has 1 aromatic rings. The van der Waals surface area contributed by atoms with Crippen molar-refractivity contribution in [2.24, 2.45) is 11.8 Å². The molecule has 2 aliphatic rings. The van der Waals surface area contributed by atoms with Crippen LogP contribution in [0.1, 0.15) is 49.9 Å². The van der Waals surface area contributed by atoms with Crippen molar-refractivity contribution >= 4 is 40.7 Å². The first-order valence-electron chi connectivity index (χ1n) is 12.2. The number of aliphatic hydroxyl groups excluding tert-OH is 2. The molecule has 2 aliphatic carbocycles. The summed E-state index contributed by atoms with van der Waals surface area (Å²) in [7, 11) is 1.46. The van der Waals surface area contributed by atoms with E-state index in [0.717, 1.165) is 12.8 Å². The molecular weight excluding hydrogens is 579 g/mol. The molecule has 2 amide bonds. The van der Waals surface area contributed by atoms with E-state index in [1.807, 2.05) is 36.4 Å². The Kier molecular flexibility index (Phi) is 10.1. The van der Waals surface area contributed by atoms with E-state index in [2.05, 4.69) is 5.32 Å². The normalized spacial score (nSPS) is 21.5. The van der Waals surface area contributed by atoms with Gasteiger partial charge >= 0.3 is 0 Å². The molecule has 3 rings (SSSR count). The summed E-state index contributed by atoms with van der Waals surface area (Å²) in [5, 5.41) is 23.3. The van der Waals surface area contributed by atoms with Gasteiger partial charge in [0.1, 0.15) is 18.5 Å². The first-order valence-corrected chi connectivity index (χ1v) is 13.3. The largest absolute Gasteiger partial charge is 0.493 e. The number of nitrogens with one attached hydrogen (secondary N) is 1. The maximum atomic E-state index is 13.3. The van der Waals surface area contributed by atoms with Crippen molar-refractivity contribution in [1.82, 2.24) is 10.2 Å². The van der Waals surface area contributed by atoms with Crippen LogP contribution >= 0.6 is 22.6 Å². The van der Waals surface area contributed by atoms with E-state index in [1.54, 1.807) is 23.1 Å². The van der Waals surface area contributed by atoms with Gasteiger partial charge in [-0.3, -0.25) is 14.4 Å². The minimum atomic E-state index is -1.10. The molecule has 0 saturated heterocycles. The summed E-state index contributed by atoms with van der Waals surface area (Å²) in [5.74, 6) is 0.763. The number of hydrogen-bond donors (Lipinski definition) is 3. The quantitative estimate of drug-likeness (QED) is 0.244. The van der Waals surface area contributed by atoms with Gasteiger partial charge < -0.3 is 29.9 Å². The van der Waals surface area contributed by atoms with Crippen LogP contribution in [0.15, 0.2) is 23.8 Å². The topological polar surface area (TPSA) is 125 Å². The third-order valence-corrected chi connectivity index (χ3v) is 7.11. The van der Waals surface area contributed by atoms with E-state index in [4.69, 9.17) is 14.6 Å². The molecule has 0 bridgehead atoms. The zero-order valence-electron chi connectivity index (χ0n) is 20.9. The Bertz CT molecular complexity index is 993. The fourth-order valence-electron chi connectivity index (χ4n) is 4.31. The van der Waals surface area contributed by atoms with E-state index in [1.165, 1.54) is 7.11 Å². The molecule has 198 valence electrons. The zero-order chi connectivity index (χ0) is 26.4. The fourth-order valence-corrected chi connectivity index (χ4v) is 5.06. The van der Waals surface area contributed by atoms with Crippen molar-refractivity contribution in [2.75, 3.05) is 26.8 Å². The van der Waals surface area contributed by atoms with Gasteiger partial charge in [-0.2, -0.15) is 0 Å². The molecule has 9 nitrogen and oxygen atoms in total. The Morgan fingerprint density at radius 1 is 1.31 bits per heavy atom. The summed E-state index contributed by atoms with van der Waals surface area (Å²) in [5.41, 5.74) is 0.792. The summed E-state index contributed by atoms with van der Waals surface area (Å²) in [6.45, 7) is 4.36. The second-order valence-electron chi connectivity index (χ2n) is 9.76. The number of methoxy groups -OCH3 is 1. The van der Waals surface area contributed by atoms with Crippen LogP contribution in [0, 0.1) is 15.4 Å². The van der Waals surface area contributed by atoms with Gasteiger partial charge in [0.25, 0.3) is 0 Å². The monoisotopic (exact) mass is 614 g/mol. The average Bonchev–Trinajstić information content (AvgIpc) is 3.67. The first kappa shape index (κ1) is 28.4. The SMILES string of the molecule is COc1cc(C=O)cc(I)c1O[C@H]1C=C(C(=O)NCCO)C[C@@H](N(CC2CC2)C(=O)CC(C)C)[C@@H]1O. The second-order valence-corrected chi connectivity index (χ2v) is 10.9. The Morgan fingerprint density at radius 3 is 2.61 bits per heavy atom. The molecule has 10 heteroatoms. The molecule has 1 aromatic carbocycles. The van der Waals surface area contributed by atoms with Crippen molar-refractivity contribution in [3.05, 3.63) is 32.9 Å². The van der Waals surface area contributed by atoms with E-state index in [-0.39, 0.29) is 37.3 Å². The standard InChI is InChI=1S/C26H35IN2O7/c1-15(2)8-23(32)29(13-16-4-5-16)20-11-18(26(34)28-6-7-30)12-21(24(20)33)36-25-19(27)9-17(14-31)10-22(25)35-3/h9-10,12,14-16,20-21,24,30,33H,4-8,11,13H2,1-3H3,(H,28,34)/t20-,21+,24+/m1/s1. The Hall–Kier alpha value is -2.18. The van der Waals surface area contributed by atoms with Gasteiger partial charge in [-0.1, -0.05) is 13.8 Å². The molecule has 1 saturated carbocycles. The van der Waals surface area contributed by atoms with Gasteiger partial charge in [0.2, 0.25) is 11.8 Å². The summed E-state index contributed by atoms with van der Waals surface area (Å²) < 4.78 is 12.3. The Morgan fingerprint density at radius 2 is 2.03 bits per heavy atom. The summed E-state index contributed by atoms with van der Waals surface area (Å²) in [6, 6.07) is 2.53. The number of carbonyl (C=O) groups is 3. The van der Waals surface area contributed by atoms with Crippen molar-refractivity contribution in [1.29, 1.82) is 0 Å². The third kappa shape index (κ3) is 7.19. The number of aliphatic hydroxyl groups is 2. The highest BCUT2D eigenvalue weighted by atomic mass is 127. The lowest BCUT2D eigenvalue weighted by Crippen LogP contribution is -2.55. The van der Waals surface area contributed by atoms with Crippen molar-refractivity contribution in [2.45, 2.75) is 57.8 Å². The van der Waals surface area contributed by atoms with Crippen LogP contribution in [0.25, 0.3) is 0 Å². The lowest BCUT2D eigenvalue weighted by molar-refractivity contribution is -0.139. The number of benzene rings is 1. The Labute approximate surface area is 225 Å². The van der Waals surface area contributed by atoms with Crippen LogP contribution in [0.2, 0.25) is 0 Å². The molecule has 0 heterocycles. The number of halogens is 1. The van der Waals surface area contributed by atoms with Crippen LogP contribution in [-0.4, -0.2) is 78.3 Å². The van der Waals surface area contributed by atoms with E-state index < -0.39 is 18.2 Å². The lowest BCUT2D eigenvalue weighted by Gasteiger charge is -2.41. The maximum Gasteiger partial charge on any atom is 0.247 e. The molecule has 3 atom stereocenters. The van der Waals surface area contributed by atoms with Crippen molar-refractivity contribution in [3.63, 3.8) is 0 Å². The predicted octanol–water partition coefficient (Wildman–Crippen LogP) is 2.31. The molecule has 0 unspecified atom stereocenters. The molecule has 1 fully saturated rings. The number of nitrogens with zero attached hydrogens (tertiary/aromatic N) is 1. The smallest absolute Gasteiger partial charge is 0.247 e. The minimum absolute atomic E-state index is 0.0563. The van der Waals surface area contributed by atoms with Crippen molar-refractivity contribution < 1.29 is 34.1 Å². The van der Waals surface area contributed by atoms with Gasteiger partial charge in [-0.25, -0.2) is 0 Å². The third-order valence-electron chi connectivity index (χ3n) is 6.31. The molecule has 0 aromatic heterocycles. The average molecular weight is 614 g/mol. The number of amides is 2. The van der Waals surface area contributed by atoms with Gasteiger partial charge in [-0.05, 0) is 65.5 Å². The highest BCUT2D eigenvalue weighted by Crippen LogP contribution is 2.38. The van der Waals surface area contributed by atoms with E-state index in [0.29, 0.717) is 51.4 Å². The number of ether oxygens (including phenoxy) is 2. The van der Waals surface area contributed by atoms with Gasteiger partial charge in [0.05, 0.1) is 23.3 Å². The van der Waals surface area contributed by atoms with Gasteiger partial charge in [0, 0.05) is 37.1 Å². The second kappa shape index (κ2) is 12.9. The molecule has 0 radical (unpaired) electrons. The highest BCUT2D eigenvalue weighted by Gasteiger charge is 2.42. The molecular formula is C26H35IN2O7. The molecule has 36 heavy (non-hydrogen) atoms. The zero-order valence-corrected chi connectivity index (χ0v) is 23.1. The molecule has 0 aliphatic heterocycles. The maximum absolute atomic E-state index is 13.3. The predicted molar refractivity (Wildman–Crippen MR) is 142 cm³/mol. The highest BCUT2D eigenvalue weighted by molar-refractivity contribution is 14.1. The van der Waals surface area contributed by atoms with Crippen LogP contribution in [0.3, 0.4) is 0 Å². The lowest BCUT2D eigenvalue weighted by atomic mass is 9.87.